The van der Waals surface area contributed by atoms with Crippen molar-refractivity contribution in [1.82, 2.24) is 10.2 Å². The third-order valence-electron chi connectivity index (χ3n) is 5.49. The van der Waals surface area contributed by atoms with Crippen LogP contribution in [0, 0.1) is 0 Å². The van der Waals surface area contributed by atoms with Gasteiger partial charge in [0, 0.05) is 30.4 Å². The lowest BCUT2D eigenvalue weighted by Gasteiger charge is -2.33. The first-order valence-corrected chi connectivity index (χ1v) is 12.4. The SMILES string of the molecule is CC1CCCCN1CCCNC(=O)c1ccc(NS(=O)(=O)/C=C/c2ccccc2)cc1. The second-order valence-corrected chi connectivity index (χ2v) is 9.49. The van der Waals surface area contributed by atoms with Gasteiger partial charge in [-0.2, -0.15) is 0 Å². The van der Waals surface area contributed by atoms with Crippen molar-refractivity contribution in [3.63, 3.8) is 0 Å². The minimum atomic E-state index is -3.63. The van der Waals surface area contributed by atoms with Crippen LogP contribution in [0.15, 0.2) is 60.0 Å². The van der Waals surface area contributed by atoms with Crippen molar-refractivity contribution in [2.45, 2.75) is 38.6 Å². The summed E-state index contributed by atoms with van der Waals surface area (Å²) in [6.45, 7) is 5.04. The highest BCUT2D eigenvalue weighted by Crippen LogP contribution is 2.16. The highest BCUT2D eigenvalue weighted by atomic mass is 32.2. The van der Waals surface area contributed by atoms with E-state index in [4.69, 9.17) is 0 Å². The van der Waals surface area contributed by atoms with Gasteiger partial charge in [0.25, 0.3) is 15.9 Å². The molecule has 0 spiro atoms. The summed E-state index contributed by atoms with van der Waals surface area (Å²) in [6, 6.07) is 16.3. The van der Waals surface area contributed by atoms with Crippen LogP contribution in [0.3, 0.4) is 0 Å². The summed E-state index contributed by atoms with van der Waals surface area (Å²) in [5.41, 5.74) is 1.72. The lowest BCUT2D eigenvalue weighted by Crippen LogP contribution is -2.39. The van der Waals surface area contributed by atoms with Crippen LogP contribution in [0.1, 0.15) is 48.5 Å². The number of benzene rings is 2. The van der Waals surface area contributed by atoms with Crippen LogP contribution in [0.25, 0.3) is 6.08 Å². The van der Waals surface area contributed by atoms with Crippen molar-refractivity contribution >= 4 is 27.7 Å². The molecule has 1 amide bonds. The van der Waals surface area contributed by atoms with E-state index in [0.717, 1.165) is 30.5 Å². The Hall–Kier alpha value is -2.64. The Labute approximate surface area is 185 Å². The number of piperidine rings is 1. The van der Waals surface area contributed by atoms with Gasteiger partial charge in [-0.1, -0.05) is 36.8 Å². The number of nitrogens with zero attached hydrogens (tertiary/aromatic N) is 1. The molecule has 166 valence electrons. The first kappa shape index (κ1) is 23.0. The molecular formula is C24H31N3O3S. The molecule has 0 aliphatic carbocycles. The summed E-state index contributed by atoms with van der Waals surface area (Å²) >= 11 is 0. The average Bonchev–Trinajstić information content (AvgIpc) is 2.77. The number of carbonyl (C=O) groups excluding carboxylic acids is 1. The molecular weight excluding hydrogens is 410 g/mol. The highest BCUT2D eigenvalue weighted by molar-refractivity contribution is 7.95. The van der Waals surface area contributed by atoms with Crippen LogP contribution in [-0.4, -0.2) is 44.9 Å². The summed E-state index contributed by atoms with van der Waals surface area (Å²) in [6.07, 6.45) is 6.28. The smallest absolute Gasteiger partial charge is 0.255 e. The summed E-state index contributed by atoms with van der Waals surface area (Å²) in [5.74, 6) is -0.148. The Balaban J connectivity index is 1.45. The maximum Gasteiger partial charge on any atom is 0.255 e. The molecule has 0 radical (unpaired) electrons. The molecule has 1 aliphatic rings. The van der Waals surface area contributed by atoms with Gasteiger partial charge in [0.1, 0.15) is 0 Å². The first-order valence-electron chi connectivity index (χ1n) is 10.8. The number of anilines is 1. The Morgan fingerprint density at radius 2 is 1.84 bits per heavy atom. The fraction of sp³-hybridized carbons (Fsp3) is 0.375. The molecule has 1 aliphatic heterocycles. The average molecular weight is 442 g/mol. The van der Waals surface area contributed by atoms with E-state index in [9.17, 15) is 13.2 Å². The van der Waals surface area contributed by atoms with Crippen LogP contribution in [0.2, 0.25) is 0 Å². The van der Waals surface area contributed by atoms with Gasteiger partial charge in [-0.3, -0.25) is 9.52 Å². The standard InChI is InChI=1S/C24H31N3O3S/c1-20-8-5-6-17-27(20)18-7-16-25-24(28)22-11-13-23(14-12-22)26-31(29,30)19-15-21-9-3-2-4-10-21/h2-4,9-15,19-20,26H,5-8,16-18H2,1H3,(H,25,28)/b19-15+. The molecule has 2 N–H and O–H groups in total. The topological polar surface area (TPSA) is 78.5 Å². The number of sulfonamides is 1. The summed E-state index contributed by atoms with van der Waals surface area (Å²) in [4.78, 5) is 14.8. The van der Waals surface area contributed by atoms with Crippen molar-refractivity contribution in [2.75, 3.05) is 24.4 Å². The maximum atomic E-state index is 12.3. The fourth-order valence-electron chi connectivity index (χ4n) is 3.70. The third-order valence-corrected chi connectivity index (χ3v) is 6.51. The minimum absolute atomic E-state index is 0.148. The normalized spacial score (nSPS) is 17.5. The van der Waals surface area contributed by atoms with Gasteiger partial charge in [-0.05, 0) is 68.6 Å². The molecule has 1 saturated heterocycles. The Kier molecular flexibility index (Phi) is 8.26. The van der Waals surface area contributed by atoms with Gasteiger partial charge in [-0.25, -0.2) is 8.42 Å². The van der Waals surface area contributed by atoms with E-state index in [0.29, 0.717) is 23.8 Å². The monoisotopic (exact) mass is 441 g/mol. The Bertz CT molecular complexity index is 973. The molecule has 0 aromatic heterocycles. The number of carbonyl (C=O) groups is 1. The van der Waals surface area contributed by atoms with Gasteiger partial charge in [0.15, 0.2) is 0 Å². The molecule has 6 nitrogen and oxygen atoms in total. The van der Waals surface area contributed by atoms with Crippen molar-refractivity contribution < 1.29 is 13.2 Å². The molecule has 2 aromatic rings. The van der Waals surface area contributed by atoms with Crippen LogP contribution in [0.5, 0.6) is 0 Å². The number of rotatable bonds is 9. The predicted octanol–water partition coefficient (Wildman–Crippen LogP) is 4.09. The van der Waals surface area contributed by atoms with E-state index in [2.05, 4.69) is 21.9 Å². The zero-order chi connectivity index (χ0) is 22.1. The third kappa shape index (κ3) is 7.52. The second-order valence-electron chi connectivity index (χ2n) is 7.93. The van der Waals surface area contributed by atoms with Gasteiger partial charge >= 0.3 is 0 Å². The van der Waals surface area contributed by atoms with Gasteiger partial charge in [0.05, 0.1) is 5.41 Å². The minimum Gasteiger partial charge on any atom is -0.352 e. The van der Waals surface area contributed by atoms with Crippen molar-refractivity contribution in [3.05, 3.63) is 71.1 Å². The van der Waals surface area contributed by atoms with Crippen LogP contribution < -0.4 is 10.0 Å². The molecule has 3 rings (SSSR count). The molecule has 0 saturated carbocycles. The Morgan fingerprint density at radius 1 is 1.10 bits per heavy atom. The molecule has 7 heteroatoms. The van der Waals surface area contributed by atoms with Gasteiger partial charge in [0.2, 0.25) is 0 Å². The fourth-order valence-corrected chi connectivity index (χ4v) is 4.57. The van der Waals surface area contributed by atoms with E-state index in [1.165, 1.54) is 25.3 Å². The molecule has 2 aromatic carbocycles. The number of nitrogens with one attached hydrogen (secondary N) is 2. The lowest BCUT2D eigenvalue weighted by atomic mass is 10.0. The second kappa shape index (κ2) is 11.1. The van der Waals surface area contributed by atoms with Gasteiger partial charge in [-0.15, -0.1) is 0 Å². The van der Waals surface area contributed by atoms with Crippen LogP contribution in [-0.2, 0) is 10.0 Å². The maximum absolute atomic E-state index is 12.3. The van der Waals surface area contributed by atoms with Crippen molar-refractivity contribution in [3.8, 4) is 0 Å². The molecule has 1 fully saturated rings. The molecule has 31 heavy (non-hydrogen) atoms. The number of hydrogen-bond donors (Lipinski definition) is 2. The largest absolute Gasteiger partial charge is 0.352 e. The van der Waals surface area contributed by atoms with E-state index in [-0.39, 0.29) is 5.91 Å². The highest BCUT2D eigenvalue weighted by Gasteiger charge is 2.17. The Morgan fingerprint density at radius 3 is 2.55 bits per heavy atom. The molecule has 1 heterocycles. The van der Waals surface area contributed by atoms with Crippen LogP contribution in [0.4, 0.5) is 5.69 Å². The predicted molar refractivity (Wildman–Crippen MR) is 126 cm³/mol. The van der Waals surface area contributed by atoms with E-state index < -0.39 is 10.0 Å². The lowest BCUT2D eigenvalue weighted by molar-refractivity contribution is 0.0949. The van der Waals surface area contributed by atoms with E-state index >= 15 is 0 Å². The summed E-state index contributed by atoms with van der Waals surface area (Å²) in [5, 5.41) is 4.08. The number of amides is 1. The van der Waals surface area contributed by atoms with E-state index in [1.807, 2.05) is 30.3 Å². The number of hydrogen-bond acceptors (Lipinski definition) is 4. The zero-order valence-electron chi connectivity index (χ0n) is 18.0. The first-order chi connectivity index (χ1) is 14.9. The molecule has 0 bridgehead atoms. The van der Waals surface area contributed by atoms with Crippen molar-refractivity contribution in [1.29, 1.82) is 0 Å². The quantitative estimate of drug-likeness (QED) is 0.575. The zero-order valence-corrected chi connectivity index (χ0v) is 18.8. The van der Waals surface area contributed by atoms with Crippen LogP contribution >= 0.6 is 0 Å². The number of likely N-dealkylation sites (tertiary alicyclic amines) is 1. The summed E-state index contributed by atoms with van der Waals surface area (Å²) < 4.78 is 27.0. The molecule has 1 unspecified atom stereocenters. The molecule has 1 atom stereocenters. The van der Waals surface area contributed by atoms with Gasteiger partial charge < -0.3 is 10.2 Å². The van der Waals surface area contributed by atoms with Crippen molar-refractivity contribution in [2.24, 2.45) is 0 Å². The summed E-state index contributed by atoms with van der Waals surface area (Å²) in [7, 11) is -3.63. The van der Waals surface area contributed by atoms with E-state index in [1.54, 1.807) is 24.3 Å².